The van der Waals surface area contributed by atoms with Crippen molar-refractivity contribution >= 4 is 35.5 Å². The number of furan rings is 1. The van der Waals surface area contributed by atoms with Crippen LogP contribution < -0.4 is 15.6 Å². The summed E-state index contributed by atoms with van der Waals surface area (Å²) in [6.45, 7) is 5.68. The minimum absolute atomic E-state index is 0.126. The SMILES string of the molecule is CC(C)C(NC(=O)c1cccc(Cl)c1)C(=O)NN=Cc1ccc(N2CCCC2)o1. The van der Waals surface area contributed by atoms with E-state index in [-0.39, 0.29) is 11.8 Å². The van der Waals surface area contributed by atoms with Crippen LogP contribution in [0.2, 0.25) is 5.02 Å². The van der Waals surface area contributed by atoms with E-state index in [4.69, 9.17) is 16.0 Å². The van der Waals surface area contributed by atoms with Crippen molar-refractivity contribution in [2.45, 2.75) is 32.7 Å². The zero-order valence-corrected chi connectivity index (χ0v) is 17.3. The third-order valence-electron chi connectivity index (χ3n) is 4.72. The number of anilines is 1. The highest BCUT2D eigenvalue weighted by atomic mass is 35.5. The van der Waals surface area contributed by atoms with E-state index >= 15 is 0 Å². The summed E-state index contributed by atoms with van der Waals surface area (Å²) >= 11 is 5.93. The van der Waals surface area contributed by atoms with Crippen molar-refractivity contribution in [3.63, 3.8) is 0 Å². The molecule has 1 saturated heterocycles. The highest BCUT2D eigenvalue weighted by molar-refractivity contribution is 6.31. The average molecular weight is 417 g/mol. The van der Waals surface area contributed by atoms with E-state index in [9.17, 15) is 9.59 Å². The van der Waals surface area contributed by atoms with Crippen molar-refractivity contribution in [3.05, 3.63) is 52.7 Å². The van der Waals surface area contributed by atoms with Crippen LogP contribution in [0.5, 0.6) is 0 Å². The maximum atomic E-state index is 12.5. The van der Waals surface area contributed by atoms with Crippen LogP contribution in [0.1, 0.15) is 42.8 Å². The number of carbonyl (C=O) groups is 2. The Morgan fingerprint density at radius 2 is 1.97 bits per heavy atom. The first-order valence-electron chi connectivity index (χ1n) is 9.68. The Morgan fingerprint density at radius 1 is 1.21 bits per heavy atom. The van der Waals surface area contributed by atoms with Crippen molar-refractivity contribution in [2.24, 2.45) is 11.0 Å². The smallest absolute Gasteiger partial charge is 0.262 e. The molecule has 8 heteroatoms. The first-order chi connectivity index (χ1) is 13.9. The van der Waals surface area contributed by atoms with Crippen molar-refractivity contribution < 1.29 is 14.0 Å². The topological polar surface area (TPSA) is 86.9 Å². The number of benzene rings is 1. The Labute approximate surface area is 175 Å². The van der Waals surface area contributed by atoms with Gasteiger partial charge in [0.25, 0.3) is 11.8 Å². The molecule has 2 amide bonds. The maximum absolute atomic E-state index is 12.5. The van der Waals surface area contributed by atoms with Gasteiger partial charge in [-0.15, -0.1) is 0 Å². The minimum atomic E-state index is -0.740. The highest BCUT2D eigenvalue weighted by Gasteiger charge is 2.24. The van der Waals surface area contributed by atoms with Gasteiger partial charge in [-0.05, 0) is 43.0 Å². The molecule has 154 valence electrons. The quantitative estimate of drug-likeness (QED) is 0.534. The molecule has 1 aliphatic rings. The van der Waals surface area contributed by atoms with Crippen molar-refractivity contribution in [1.29, 1.82) is 0 Å². The van der Waals surface area contributed by atoms with Gasteiger partial charge >= 0.3 is 0 Å². The molecule has 0 bridgehead atoms. The lowest BCUT2D eigenvalue weighted by Gasteiger charge is -2.20. The van der Waals surface area contributed by atoms with Crippen LogP contribution in [0.4, 0.5) is 5.88 Å². The molecular formula is C21H25ClN4O3. The maximum Gasteiger partial charge on any atom is 0.262 e. The fourth-order valence-electron chi connectivity index (χ4n) is 3.14. The summed E-state index contributed by atoms with van der Waals surface area (Å²) in [6, 6.07) is 9.54. The van der Waals surface area contributed by atoms with Gasteiger partial charge < -0.3 is 14.6 Å². The van der Waals surface area contributed by atoms with Crippen LogP contribution in [0.15, 0.2) is 45.9 Å². The van der Waals surface area contributed by atoms with Crippen molar-refractivity contribution in [2.75, 3.05) is 18.0 Å². The lowest BCUT2D eigenvalue weighted by atomic mass is 10.0. The van der Waals surface area contributed by atoms with E-state index in [1.165, 1.54) is 6.21 Å². The van der Waals surface area contributed by atoms with Gasteiger partial charge in [0.15, 0.2) is 5.88 Å². The number of hydrogen-bond acceptors (Lipinski definition) is 5. The molecule has 29 heavy (non-hydrogen) atoms. The summed E-state index contributed by atoms with van der Waals surface area (Å²) in [5, 5.41) is 7.16. The van der Waals surface area contributed by atoms with E-state index in [0.29, 0.717) is 16.3 Å². The van der Waals surface area contributed by atoms with Crippen LogP contribution in [-0.2, 0) is 4.79 Å². The molecule has 2 aromatic rings. The second-order valence-electron chi connectivity index (χ2n) is 7.31. The fourth-order valence-corrected chi connectivity index (χ4v) is 3.33. The lowest BCUT2D eigenvalue weighted by Crippen LogP contribution is -2.48. The summed E-state index contributed by atoms with van der Waals surface area (Å²) in [6.07, 6.45) is 3.78. The second kappa shape index (κ2) is 9.60. The van der Waals surface area contributed by atoms with E-state index in [2.05, 4.69) is 20.7 Å². The Bertz CT molecular complexity index is 888. The normalized spacial score (nSPS) is 15.1. The van der Waals surface area contributed by atoms with Crippen LogP contribution in [-0.4, -0.2) is 37.2 Å². The predicted octanol–water partition coefficient (Wildman–Crippen LogP) is 3.44. The summed E-state index contributed by atoms with van der Waals surface area (Å²) < 4.78 is 5.73. The van der Waals surface area contributed by atoms with Gasteiger partial charge in [-0.2, -0.15) is 5.10 Å². The molecule has 7 nitrogen and oxygen atoms in total. The Morgan fingerprint density at radius 3 is 2.66 bits per heavy atom. The third-order valence-corrected chi connectivity index (χ3v) is 4.95. The fraction of sp³-hybridized carbons (Fsp3) is 0.381. The minimum Gasteiger partial charge on any atom is -0.440 e. The first kappa shape index (κ1) is 20.9. The van der Waals surface area contributed by atoms with Gasteiger partial charge in [0.2, 0.25) is 0 Å². The molecule has 1 aromatic heterocycles. The van der Waals surface area contributed by atoms with Gasteiger partial charge in [0.05, 0.1) is 6.21 Å². The zero-order valence-electron chi connectivity index (χ0n) is 16.5. The van der Waals surface area contributed by atoms with Gasteiger partial charge in [0.1, 0.15) is 11.8 Å². The van der Waals surface area contributed by atoms with E-state index in [0.717, 1.165) is 31.8 Å². The molecular weight excluding hydrogens is 392 g/mol. The van der Waals surface area contributed by atoms with Crippen LogP contribution >= 0.6 is 11.6 Å². The van der Waals surface area contributed by atoms with E-state index in [1.807, 2.05) is 26.0 Å². The van der Waals surface area contributed by atoms with Crippen LogP contribution in [0.3, 0.4) is 0 Å². The number of rotatable bonds is 7. The largest absolute Gasteiger partial charge is 0.440 e. The first-order valence-corrected chi connectivity index (χ1v) is 10.1. The number of amides is 2. The van der Waals surface area contributed by atoms with Gasteiger partial charge in [-0.25, -0.2) is 5.43 Å². The Hall–Kier alpha value is -2.80. The zero-order chi connectivity index (χ0) is 20.8. The molecule has 1 aromatic carbocycles. The van der Waals surface area contributed by atoms with E-state index < -0.39 is 11.9 Å². The standard InChI is InChI=1S/C21H25ClN4O3/c1-14(2)19(24-20(27)15-6-5-7-16(22)12-15)21(28)25-23-13-17-8-9-18(29-17)26-10-3-4-11-26/h5-9,12-14,19H,3-4,10-11H2,1-2H3,(H,24,27)(H,25,28). The molecule has 1 aliphatic heterocycles. The molecule has 0 aliphatic carbocycles. The summed E-state index contributed by atoms with van der Waals surface area (Å²) in [5.74, 6) is 0.462. The summed E-state index contributed by atoms with van der Waals surface area (Å²) in [7, 11) is 0. The van der Waals surface area contributed by atoms with Crippen LogP contribution in [0, 0.1) is 5.92 Å². The Kier molecular flexibility index (Phi) is 6.93. The van der Waals surface area contributed by atoms with Crippen molar-refractivity contribution in [1.82, 2.24) is 10.7 Å². The molecule has 2 heterocycles. The number of carbonyl (C=O) groups excluding carboxylic acids is 2. The molecule has 2 N–H and O–H groups in total. The molecule has 3 rings (SSSR count). The van der Waals surface area contributed by atoms with Crippen LogP contribution in [0.25, 0.3) is 0 Å². The molecule has 0 spiro atoms. The number of halogens is 1. The molecule has 1 fully saturated rings. The highest BCUT2D eigenvalue weighted by Crippen LogP contribution is 2.22. The third kappa shape index (κ3) is 5.60. The van der Waals surface area contributed by atoms with Gasteiger partial charge in [0, 0.05) is 29.7 Å². The van der Waals surface area contributed by atoms with Crippen molar-refractivity contribution in [3.8, 4) is 0 Å². The monoisotopic (exact) mass is 416 g/mol. The second-order valence-corrected chi connectivity index (χ2v) is 7.75. The predicted molar refractivity (Wildman–Crippen MR) is 113 cm³/mol. The summed E-state index contributed by atoms with van der Waals surface area (Å²) in [5.41, 5.74) is 2.87. The average Bonchev–Trinajstić information content (AvgIpc) is 3.37. The number of hydrazone groups is 1. The molecule has 0 saturated carbocycles. The number of hydrogen-bond donors (Lipinski definition) is 2. The van der Waals surface area contributed by atoms with Gasteiger partial charge in [-0.3, -0.25) is 9.59 Å². The van der Waals surface area contributed by atoms with Gasteiger partial charge in [-0.1, -0.05) is 31.5 Å². The molecule has 1 atom stereocenters. The Balaban J connectivity index is 1.58. The molecule has 0 radical (unpaired) electrons. The molecule has 1 unspecified atom stereocenters. The lowest BCUT2D eigenvalue weighted by molar-refractivity contribution is -0.123. The number of nitrogens with zero attached hydrogens (tertiary/aromatic N) is 2. The van der Waals surface area contributed by atoms with E-state index in [1.54, 1.807) is 24.3 Å². The number of nitrogens with one attached hydrogen (secondary N) is 2. The summed E-state index contributed by atoms with van der Waals surface area (Å²) in [4.78, 5) is 27.1.